The molecule has 0 aliphatic carbocycles. The van der Waals surface area contributed by atoms with E-state index < -0.39 is 0 Å². The van der Waals surface area contributed by atoms with E-state index in [1.165, 1.54) is 0 Å². The van der Waals surface area contributed by atoms with Crippen LogP contribution in [-0.4, -0.2) is 11.7 Å². The molecule has 1 aromatic carbocycles. The molecule has 15 heavy (non-hydrogen) atoms. The van der Waals surface area contributed by atoms with Gasteiger partial charge >= 0.3 is 0 Å². The molecule has 1 amide bonds. The summed E-state index contributed by atoms with van der Waals surface area (Å²) in [5.74, 6) is 0.550. The van der Waals surface area contributed by atoms with E-state index in [9.17, 15) is 4.79 Å². The van der Waals surface area contributed by atoms with Gasteiger partial charge in [0, 0.05) is 10.4 Å². The molecule has 0 saturated carbocycles. The Balaban J connectivity index is 2.39. The highest BCUT2D eigenvalue weighted by atomic mass is 32.2. The molecule has 0 atom stereocenters. The first kappa shape index (κ1) is 10.5. The molecular weight excluding hydrogens is 208 g/mol. The highest BCUT2D eigenvalue weighted by Crippen LogP contribution is 2.34. The van der Waals surface area contributed by atoms with E-state index >= 15 is 0 Å². The molecule has 0 spiro atoms. The van der Waals surface area contributed by atoms with Crippen LogP contribution in [0.25, 0.3) is 0 Å². The quantitative estimate of drug-likeness (QED) is 0.763. The molecule has 1 aliphatic rings. The lowest BCUT2D eigenvalue weighted by molar-refractivity contribution is -0.113. The number of fused-ring (bicyclic) bond motifs is 1. The number of rotatable bonds is 1. The number of carbonyl (C=O) groups is 1. The van der Waals surface area contributed by atoms with Crippen molar-refractivity contribution < 1.29 is 4.79 Å². The number of hydrogen-bond donors (Lipinski definition) is 2. The summed E-state index contributed by atoms with van der Waals surface area (Å²) in [6, 6.07) is 5.94. The van der Waals surface area contributed by atoms with Crippen LogP contribution < -0.4 is 11.1 Å². The van der Waals surface area contributed by atoms with E-state index in [2.05, 4.69) is 11.4 Å². The first-order chi connectivity index (χ1) is 6.97. The van der Waals surface area contributed by atoms with Gasteiger partial charge in [-0.2, -0.15) is 0 Å². The van der Waals surface area contributed by atoms with Gasteiger partial charge in [-0.1, -0.05) is 6.07 Å². The van der Waals surface area contributed by atoms with E-state index in [1.807, 2.05) is 26.0 Å². The maximum atomic E-state index is 11.2. The molecule has 0 fully saturated rings. The molecule has 3 nitrogen and oxygen atoms in total. The first-order valence-corrected chi connectivity index (χ1v) is 5.81. The third-order valence-corrected chi connectivity index (χ3v) is 3.41. The molecule has 3 N–H and O–H groups in total. The third kappa shape index (κ3) is 2.16. The summed E-state index contributed by atoms with van der Waals surface area (Å²) in [5.41, 5.74) is 7.67. The molecule has 0 unspecified atom stereocenters. The van der Waals surface area contributed by atoms with Crippen molar-refractivity contribution in [1.82, 2.24) is 0 Å². The number of nitrogens with two attached hydrogens (primary N) is 1. The van der Waals surface area contributed by atoms with Gasteiger partial charge in [-0.25, -0.2) is 0 Å². The Morgan fingerprint density at radius 1 is 1.47 bits per heavy atom. The fraction of sp³-hybridized carbons (Fsp3) is 0.364. The number of carbonyl (C=O) groups excluding carboxylic acids is 1. The number of hydrogen-bond acceptors (Lipinski definition) is 3. The van der Waals surface area contributed by atoms with Crippen LogP contribution in [0.4, 0.5) is 5.69 Å². The Morgan fingerprint density at radius 3 is 2.87 bits per heavy atom. The molecule has 0 bridgehead atoms. The standard InChI is InChI=1S/C11H14N2OS/c1-11(2,12)7-3-4-8-9(5-7)15-6-10(14)13-8/h3-5H,6,12H2,1-2H3,(H,13,14). The van der Waals surface area contributed by atoms with Crippen LogP contribution in [0.15, 0.2) is 23.1 Å². The van der Waals surface area contributed by atoms with Crippen LogP contribution in [0.2, 0.25) is 0 Å². The number of nitrogens with one attached hydrogen (secondary N) is 1. The van der Waals surface area contributed by atoms with Gasteiger partial charge in [0.1, 0.15) is 0 Å². The van der Waals surface area contributed by atoms with Gasteiger partial charge in [0.2, 0.25) is 5.91 Å². The number of thioether (sulfide) groups is 1. The minimum atomic E-state index is -0.336. The lowest BCUT2D eigenvalue weighted by Crippen LogP contribution is -2.29. The zero-order valence-corrected chi connectivity index (χ0v) is 9.65. The van der Waals surface area contributed by atoms with Crippen molar-refractivity contribution in [3.63, 3.8) is 0 Å². The van der Waals surface area contributed by atoms with Crippen molar-refractivity contribution in [2.45, 2.75) is 24.3 Å². The summed E-state index contributed by atoms with van der Waals surface area (Å²) in [5, 5.41) is 2.84. The molecule has 2 rings (SSSR count). The van der Waals surface area contributed by atoms with Crippen molar-refractivity contribution in [2.75, 3.05) is 11.1 Å². The van der Waals surface area contributed by atoms with E-state index in [0.29, 0.717) is 5.75 Å². The number of benzene rings is 1. The SMILES string of the molecule is CC(C)(N)c1ccc2c(c1)SCC(=O)N2. The predicted octanol–water partition coefficient (Wildman–Crippen LogP) is 1.92. The molecular formula is C11H14N2OS. The molecule has 80 valence electrons. The van der Waals surface area contributed by atoms with Crippen molar-refractivity contribution in [3.8, 4) is 0 Å². The predicted molar refractivity (Wildman–Crippen MR) is 63.0 cm³/mol. The van der Waals surface area contributed by atoms with Gasteiger partial charge in [0.25, 0.3) is 0 Å². The van der Waals surface area contributed by atoms with Crippen LogP contribution in [0.3, 0.4) is 0 Å². The van der Waals surface area contributed by atoms with Crippen LogP contribution >= 0.6 is 11.8 Å². The number of amides is 1. The average Bonchev–Trinajstić information content (AvgIpc) is 2.15. The number of anilines is 1. The highest BCUT2D eigenvalue weighted by molar-refractivity contribution is 8.00. The second-order valence-corrected chi connectivity index (χ2v) is 5.29. The van der Waals surface area contributed by atoms with Gasteiger partial charge in [-0.05, 0) is 31.5 Å². The molecule has 1 heterocycles. The summed E-state index contributed by atoms with van der Waals surface area (Å²) >= 11 is 1.56. The lowest BCUT2D eigenvalue weighted by Gasteiger charge is -2.23. The van der Waals surface area contributed by atoms with E-state index in [0.717, 1.165) is 16.1 Å². The fourth-order valence-corrected chi connectivity index (χ4v) is 2.32. The summed E-state index contributed by atoms with van der Waals surface area (Å²) in [7, 11) is 0. The van der Waals surface area contributed by atoms with Crippen molar-refractivity contribution in [3.05, 3.63) is 23.8 Å². The normalized spacial score (nSPS) is 15.8. The summed E-state index contributed by atoms with van der Waals surface area (Å²) in [6.07, 6.45) is 0. The average molecular weight is 222 g/mol. The second-order valence-electron chi connectivity index (χ2n) is 4.27. The Labute approximate surface area is 93.4 Å². The lowest BCUT2D eigenvalue weighted by atomic mass is 9.95. The van der Waals surface area contributed by atoms with Crippen LogP contribution in [-0.2, 0) is 10.3 Å². The largest absolute Gasteiger partial charge is 0.324 e. The van der Waals surface area contributed by atoms with Gasteiger partial charge in [0.15, 0.2) is 0 Å². The fourth-order valence-electron chi connectivity index (χ4n) is 1.48. The highest BCUT2D eigenvalue weighted by Gasteiger charge is 2.19. The Bertz CT molecular complexity index is 410. The zero-order chi connectivity index (χ0) is 11.1. The maximum absolute atomic E-state index is 11.2. The molecule has 1 aromatic rings. The summed E-state index contributed by atoms with van der Waals surface area (Å²) in [4.78, 5) is 12.3. The van der Waals surface area contributed by atoms with E-state index in [-0.39, 0.29) is 11.4 Å². The smallest absolute Gasteiger partial charge is 0.234 e. The maximum Gasteiger partial charge on any atom is 0.234 e. The summed E-state index contributed by atoms with van der Waals surface area (Å²) < 4.78 is 0. The van der Waals surface area contributed by atoms with Gasteiger partial charge in [-0.3, -0.25) is 4.79 Å². The Hall–Kier alpha value is -1.00. The molecule has 0 aromatic heterocycles. The molecule has 1 aliphatic heterocycles. The van der Waals surface area contributed by atoms with Crippen molar-refractivity contribution >= 4 is 23.4 Å². The van der Waals surface area contributed by atoms with Crippen molar-refractivity contribution in [1.29, 1.82) is 0 Å². The Morgan fingerprint density at radius 2 is 2.20 bits per heavy atom. The van der Waals surface area contributed by atoms with Crippen LogP contribution in [0.5, 0.6) is 0 Å². The minimum Gasteiger partial charge on any atom is -0.324 e. The Kier molecular flexibility index (Phi) is 2.48. The minimum absolute atomic E-state index is 0.0623. The van der Waals surface area contributed by atoms with E-state index in [4.69, 9.17) is 5.73 Å². The van der Waals surface area contributed by atoms with Crippen molar-refractivity contribution in [2.24, 2.45) is 5.73 Å². The monoisotopic (exact) mass is 222 g/mol. The second kappa shape index (κ2) is 3.54. The molecule has 0 radical (unpaired) electrons. The van der Waals surface area contributed by atoms with Gasteiger partial charge in [-0.15, -0.1) is 11.8 Å². The zero-order valence-electron chi connectivity index (χ0n) is 8.83. The topological polar surface area (TPSA) is 55.1 Å². The molecule has 4 heteroatoms. The summed E-state index contributed by atoms with van der Waals surface area (Å²) in [6.45, 7) is 3.95. The van der Waals surface area contributed by atoms with Gasteiger partial charge in [0.05, 0.1) is 11.4 Å². The third-order valence-electron chi connectivity index (χ3n) is 2.36. The van der Waals surface area contributed by atoms with Crippen LogP contribution in [0, 0.1) is 0 Å². The van der Waals surface area contributed by atoms with Gasteiger partial charge < -0.3 is 11.1 Å². The van der Waals surface area contributed by atoms with E-state index in [1.54, 1.807) is 11.8 Å². The first-order valence-electron chi connectivity index (χ1n) is 4.83. The molecule has 0 saturated heterocycles. The van der Waals surface area contributed by atoms with Crippen LogP contribution in [0.1, 0.15) is 19.4 Å².